The maximum Gasteiger partial charge on any atom is 0.289 e. The molecule has 0 unspecified atom stereocenters. The highest BCUT2D eigenvalue weighted by Crippen LogP contribution is 2.32. The molecule has 2 aromatic heterocycles. The van der Waals surface area contributed by atoms with Crippen molar-refractivity contribution in [1.82, 2.24) is 15.3 Å². The van der Waals surface area contributed by atoms with Crippen LogP contribution in [0.2, 0.25) is 0 Å². The molecule has 1 aromatic carbocycles. The number of nitrogens with zero attached hydrogens (tertiary/aromatic N) is 3. The fraction of sp³-hybridized carbons (Fsp3) is 0.278. The largest absolute Gasteiger partial charge is 0.454 e. The fourth-order valence-electron chi connectivity index (χ4n) is 2.83. The first-order valence-electron chi connectivity index (χ1n) is 8.13. The van der Waals surface area contributed by atoms with Crippen molar-refractivity contribution >= 4 is 34.0 Å². The maximum absolute atomic E-state index is 12.6. The van der Waals surface area contributed by atoms with Gasteiger partial charge in [-0.25, -0.2) is 9.97 Å². The Bertz CT molecular complexity index is 1000. The molecule has 3 heterocycles. The van der Waals surface area contributed by atoms with Crippen molar-refractivity contribution in [3.05, 3.63) is 39.8 Å². The Kier molecular flexibility index (Phi) is 4.12. The summed E-state index contributed by atoms with van der Waals surface area (Å²) in [5.41, 5.74) is 1.71. The number of carbonyl (C=O) groups is 1. The minimum atomic E-state index is -0.309. The lowest BCUT2D eigenvalue weighted by atomic mass is 10.2. The van der Waals surface area contributed by atoms with Crippen molar-refractivity contribution in [2.45, 2.75) is 13.5 Å². The van der Waals surface area contributed by atoms with E-state index in [2.05, 4.69) is 15.3 Å². The van der Waals surface area contributed by atoms with Gasteiger partial charge in [0.1, 0.15) is 5.82 Å². The Hall–Kier alpha value is -2.87. The van der Waals surface area contributed by atoms with Crippen LogP contribution in [0.15, 0.2) is 23.6 Å². The predicted molar refractivity (Wildman–Crippen MR) is 100 cm³/mol. The molecule has 26 heavy (non-hydrogen) atoms. The van der Waals surface area contributed by atoms with Gasteiger partial charge in [-0.1, -0.05) is 6.07 Å². The SMILES string of the molecule is Cc1scc2nc(C(=O)NCc3ccc4c(c3)OCO4)nc(N(C)C)c12. The summed E-state index contributed by atoms with van der Waals surface area (Å²) in [4.78, 5) is 24.5. The molecule has 0 saturated heterocycles. The van der Waals surface area contributed by atoms with Gasteiger partial charge in [0, 0.05) is 30.9 Å². The molecular weight excluding hydrogens is 352 g/mol. The van der Waals surface area contributed by atoms with Crippen molar-refractivity contribution in [2.75, 3.05) is 25.8 Å². The first kappa shape index (κ1) is 16.6. The molecule has 1 aliphatic rings. The van der Waals surface area contributed by atoms with E-state index in [1.807, 2.05) is 49.5 Å². The number of hydrogen-bond donors (Lipinski definition) is 1. The first-order valence-corrected chi connectivity index (χ1v) is 9.01. The smallest absolute Gasteiger partial charge is 0.289 e. The molecule has 0 spiro atoms. The number of fused-ring (bicyclic) bond motifs is 2. The van der Waals surface area contributed by atoms with Crippen molar-refractivity contribution in [2.24, 2.45) is 0 Å². The van der Waals surface area contributed by atoms with Crippen LogP contribution in [-0.4, -0.2) is 36.8 Å². The van der Waals surface area contributed by atoms with Crippen molar-refractivity contribution in [3.63, 3.8) is 0 Å². The second-order valence-corrected chi connectivity index (χ2v) is 7.27. The van der Waals surface area contributed by atoms with Crippen LogP contribution in [-0.2, 0) is 6.54 Å². The first-order chi connectivity index (χ1) is 12.5. The molecule has 7 nitrogen and oxygen atoms in total. The van der Waals surface area contributed by atoms with E-state index in [0.29, 0.717) is 12.3 Å². The van der Waals surface area contributed by atoms with E-state index in [1.165, 1.54) is 0 Å². The normalized spacial score (nSPS) is 12.4. The third-order valence-electron chi connectivity index (χ3n) is 4.13. The van der Waals surface area contributed by atoms with Gasteiger partial charge in [0.25, 0.3) is 5.91 Å². The van der Waals surface area contributed by atoms with Gasteiger partial charge >= 0.3 is 0 Å². The number of nitrogens with one attached hydrogen (secondary N) is 1. The summed E-state index contributed by atoms with van der Waals surface area (Å²) in [5, 5.41) is 5.81. The molecule has 4 rings (SSSR count). The zero-order chi connectivity index (χ0) is 18.3. The highest BCUT2D eigenvalue weighted by Gasteiger charge is 2.18. The molecule has 0 radical (unpaired) electrons. The number of hydrogen-bond acceptors (Lipinski definition) is 7. The van der Waals surface area contributed by atoms with Crippen LogP contribution >= 0.6 is 11.3 Å². The van der Waals surface area contributed by atoms with Crippen molar-refractivity contribution in [3.8, 4) is 11.5 Å². The average Bonchev–Trinajstić information content (AvgIpc) is 3.25. The molecule has 1 amide bonds. The third kappa shape index (κ3) is 2.92. The summed E-state index contributed by atoms with van der Waals surface area (Å²) in [6, 6.07) is 5.59. The number of aromatic nitrogens is 2. The molecule has 0 atom stereocenters. The van der Waals surface area contributed by atoms with Gasteiger partial charge in [0.2, 0.25) is 12.6 Å². The number of carbonyl (C=O) groups excluding carboxylic acids is 1. The zero-order valence-electron chi connectivity index (χ0n) is 14.7. The fourth-order valence-corrected chi connectivity index (χ4v) is 3.60. The average molecular weight is 370 g/mol. The quantitative estimate of drug-likeness (QED) is 0.761. The minimum Gasteiger partial charge on any atom is -0.454 e. The summed E-state index contributed by atoms with van der Waals surface area (Å²) >= 11 is 1.60. The number of rotatable bonds is 4. The van der Waals surface area contributed by atoms with E-state index in [0.717, 1.165) is 32.9 Å². The van der Waals surface area contributed by atoms with Crippen LogP contribution < -0.4 is 19.7 Å². The van der Waals surface area contributed by atoms with Crippen LogP contribution in [0.3, 0.4) is 0 Å². The topological polar surface area (TPSA) is 76.6 Å². The Balaban J connectivity index is 1.56. The number of thiophene rings is 1. The molecule has 0 bridgehead atoms. The van der Waals surface area contributed by atoms with E-state index in [1.54, 1.807) is 11.3 Å². The van der Waals surface area contributed by atoms with Gasteiger partial charge in [0.05, 0.1) is 10.9 Å². The molecule has 134 valence electrons. The van der Waals surface area contributed by atoms with Crippen LogP contribution in [0.25, 0.3) is 10.9 Å². The number of benzene rings is 1. The molecule has 0 aliphatic carbocycles. The molecule has 3 aromatic rings. The van der Waals surface area contributed by atoms with E-state index in [9.17, 15) is 4.79 Å². The van der Waals surface area contributed by atoms with Crippen LogP contribution in [0, 0.1) is 6.92 Å². The van der Waals surface area contributed by atoms with E-state index in [-0.39, 0.29) is 18.5 Å². The van der Waals surface area contributed by atoms with Gasteiger partial charge in [0.15, 0.2) is 11.5 Å². The van der Waals surface area contributed by atoms with E-state index in [4.69, 9.17) is 9.47 Å². The van der Waals surface area contributed by atoms with Crippen LogP contribution in [0.5, 0.6) is 11.5 Å². The van der Waals surface area contributed by atoms with Crippen LogP contribution in [0.4, 0.5) is 5.82 Å². The minimum absolute atomic E-state index is 0.166. The summed E-state index contributed by atoms with van der Waals surface area (Å²) in [6.07, 6.45) is 0. The van der Waals surface area contributed by atoms with Gasteiger partial charge in [-0.15, -0.1) is 11.3 Å². The maximum atomic E-state index is 12.6. The van der Waals surface area contributed by atoms with Gasteiger partial charge < -0.3 is 19.7 Å². The second kappa shape index (κ2) is 6.45. The van der Waals surface area contributed by atoms with E-state index < -0.39 is 0 Å². The Labute approximate surface area is 154 Å². The van der Waals surface area contributed by atoms with Crippen molar-refractivity contribution in [1.29, 1.82) is 0 Å². The highest BCUT2D eigenvalue weighted by atomic mass is 32.1. The summed E-state index contributed by atoms with van der Waals surface area (Å²) in [7, 11) is 3.82. The molecule has 0 fully saturated rings. The number of amides is 1. The lowest BCUT2D eigenvalue weighted by molar-refractivity contribution is 0.0941. The second-order valence-electron chi connectivity index (χ2n) is 6.19. The Morgan fingerprint density at radius 3 is 2.88 bits per heavy atom. The molecule has 1 aliphatic heterocycles. The van der Waals surface area contributed by atoms with E-state index >= 15 is 0 Å². The standard InChI is InChI=1S/C18H18N4O3S/c1-10-15-12(8-26-10)20-16(21-17(15)22(2)3)18(23)19-7-11-4-5-13-14(6-11)25-9-24-13/h4-6,8H,7,9H2,1-3H3,(H,19,23). The Morgan fingerprint density at radius 2 is 2.08 bits per heavy atom. The molecule has 8 heteroatoms. The molecule has 0 saturated carbocycles. The monoisotopic (exact) mass is 370 g/mol. The molecular formula is C18H18N4O3S. The third-order valence-corrected chi connectivity index (χ3v) is 5.03. The number of aryl methyl sites for hydroxylation is 1. The highest BCUT2D eigenvalue weighted by molar-refractivity contribution is 7.11. The van der Waals surface area contributed by atoms with Gasteiger partial charge in [-0.2, -0.15) is 0 Å². The summed E-state index contributed by atoms with van der Waals surface area (Å²) < 4.78 is 10.7. The van der Waals surface area contributed by atoms with Crippen LogP contribution in [0.1, 0.15) is 21.1 Å². The summed E-state index contributed by atoms with van der Waals surface area (Å²) in [6.45, 7) is 2.62. The Morgan fingerprint density at radius 1 is 1.27 bits per heavy atom. The molecule has 1 N–H and O–H groups in total. The lowest BCUT2D eigenvalue weighted by Gasteiger charge is -2.14. The van der Waals surface area contributed by atoms with Crippen molar-refractivity contribution < 1.29 is 14.3 Å². The predicted octanol–water partition coefficient (Wildman–Crippen LogP) is 2.72. The number of anilines is 1. The lowest BCUT2D eigenvalue weighted by Crippen LogP contribution is -2.26. The number of ether oxygens (including phenoxy) is 2. The summed E-state index contributed by atoms with van der Waals surface area (Å²) in [5.74, 6) is 2.02. The van der Waals surface area contributed by atoms with Gasteiger partial charge in [-0.3, -0.25) is 4.79 Å². The van der Waals surface area contributed by atoms with Gasteiger partial charge in [-0.05, 0) is 24.6 Å². The zero-order valence-corrected chi connectivity index (χ0v) is 15.5.